The molecule has 0 heterocycles. The van der Waals surface area contributed by atoms with Crippen LogP contribution < -0.4 is 0 Å². The third-order valence-electron chi connectivity index (χ3n) is 2.51. The molecule has 2 rings (SSSR count). The Bertz CT molecular complexity index is 150. The summed E-state index contributed by atoms with van der Waals surface area (Å²) in [6, 6.07) is 0. The van der Waals surface area contributed by atoms with Gasteiger partial charge in [0.25, 0.3) is 0 Å². The summed E-state index contributed by atoms with van der Waals surface area (Å²) in [7, 11) is 0. The molecule has 0 bridgehead atoms. The van der Waals surface area contributed by atoms with Gasteiger partial charge in [-0.15, -0.1) is 0 Å². The molecule has 0 fully saturated rings. The van der Waals surface area contributed by atoms with Crippen LogP contribution in [-0.4, -0.2) is 0 Å². The zero-order valence-corrected chi connectivity index (χ0v) is 9.75. The van der Waals surface area contributed by atoms with Crippen LogP contribution in [0.4, 0.5) is 0 Å². The van der Waals surface area contributed by atoms with Gasteiger partial charge in [0.1, 0.15) is 0 Å². The van der Waals surface area contributed by atoms with E-state index in [1.807, 2.05) is 0 Å². The topological polar surface area (TPSA) is 0 Å². The van der Waals surface area contributed by atoms with E-state index in [0.717, 1.165) is 11.8 Å². The third kappa shape index (κ3) is 6.12. The van der Waals surface area contributed by atoms with Gasteiger partial charge < -0.3 is 0 Å². The molecule has 0 amide bonds. The van der Waals surface area contributed by atoms with E-state index in [1.54, 1.807) is 0 Å². The Labute approximate surface area is 93.0 Å². The molecular weight excluding hydrogens is 200 g/mol. The predicted octanol–water partition coefficient (Wildman–Crippen LogP) is 3.94. The molecular formula is C12H20Fe. The average Bonchev–Trinajstić information content (AvgIpc) is 2.63. The average molecular weight is 220 g/mol. The van der Waals surface area contributed by atoms with Crippen LogP contribution in [-0.2, 0) is 17.1 Å². The first-order chi connectivity index (χ1) is 5.79. The minimum Gasteiger partial charge on any atom is -0.0882 e. The summed E-state index contributed by atoms with van der Waals surface area (Å²) in [5.74, 6) is 1.73. The zero-order chi connectivity index (χ0) is 8.81. The Balaban J connectivity index is 0.000000206. The quantitative estimate of drug-likeness (QED) is 0.428. The molecule has 13 heavy (non-hydrogen) atoms. The fourth-order valence-corrected chi connectivity index (χ4v) is 1.57. The van der Waals surface area contributed by atoms with Crippen LogP contribution in [0.5, 0.6) is 0 Å². The maximum absolute atomic E-state index is 2.28. The molecule has 76 valence electrons. The van der Waals surface area contributed by atoms with Crippen LogP contribution in [0.2, 0.25) is 0 Å². The molecule has 0 aromatic rings. The van der Waals surface area contributed by atoms with Crippen molar-refractivity contribution >= 4 is 0 Å². The monoisotopic (exact) mass is 220 g/mol. The third-order valence-corrected chi connectivity index (χ3v) is 2.51. The molecule has 0 saturated carbocycles. The summed E-state index contributed by atoms with van der Waals surface area (Å²) in [6.45, 7) is 4.51. The number of hydrogen-bond acceptors (Lipinski definition) is 0. The van der Waals surface area contributed by atoms with Crippen molar-refractivity contribution in [1.82, 2.24) is 0 Å². The van der Waals surface area contributed by atoms with Crippen molar-refractivity contribution in [2.45, 2.75) is 39.5 Å². The Hall–Kier alpha value is -0.000519. The van der Waals surface area contributed by atoms with Gasteiger partial charge in [0.15, 0.2) is 0 Å². The molecule has 0 aromatic heterocycles. The summed E-state index contributed by atoms with van der Waals surface area (Å²) >= 11 is 0. The van der Waals surface area contributed by atoms with Crippen LogP contribution in [0.15, 0.2) is 24.3 Å². The molecule has 2 atom stereocenters. The molecule has 1 heteroatoms. The van der Waals surface area contributed by atoms with Gasteiger partial charge in [-0.3, -0.25) is 0 Å². The second kappa shape index (κ2) is 7.41. The van der Waals surface area contributed by atoms with Gasteiger partial charge in [-0.25, -0.2) is 0 Å². The standard InChI is InChI=1S/2C6H10.Fe/c2*1-6-4-2-3-5-6;/h2*2,4,6H,3,5H2,1H3;/t2*6-;/m00./s1. The van der Waals surface area contributed by atoms with Crippen molar-refractivity contribution in [2.24, 2.45) is 11.8 Å². The maximum Gasteiger partial charge on any atom is 0 e. The fraction of sp³-hybridized carbons (Fsp3) is 0.667. The SMILES string of the molecule is C[C@H]1C=CCC1.C[C@H]1C=CCC1.[Fe]. The second-order valence-electron chi connectivity index (χ2n) is 3.97. The summed E-state index contributed by atoms with van der Waals surface area (Å²) in [4.78, 5) is 0. The van der Waals surface area contributed by atoms with Crippen LogP contribution in [0.3, 0.4) is 0 Å². The van der Waals surface area contributed by atoms with Crippen molar-refractivity contribution in [3.63, 3.8) is 0 Å². The van der Waals surface area contributed by atoms with E-state index >= 15 is 0 Å². The van der Waals surface area contributed by atoms with Gasteiger partial charge in [-0.1, -0.05) is 38.2 Å². The van der Waals surface area contributed by atoms with Crippen LogP contribution in [0.1, 0.15) is 39.5 Å². The molecule has 0 nitrogen and oxygen atoms in total. The van der Waals surface area contributed by atoms with Gasteiger partial charge in [0.05, 0.1) is 0 Å². The number of allylic oxidation sites excluding steroid dienone is 4. The van der Waals surface area contributed by atoms with Crippen molar-refractivity contribution in [2.75, 3.05) is 0 Å². The summed E-state index contributed by atoms with van der Waals surface area (Å²) in [5, 5.41) is 0. The van der Waals surface area contributed by atoms with Gasteiger partial charge in [0.2, 0.25) is 0 Å². The first-order valence-corrected chi connectivity index (χ1v) is 5.12. The molecule has 0 saturated heterocycles. The molecule has 0 spiro atoms. The first kappa shape index (κ1) is 13.0. The molecule has 0 aromatic carbocycles. The molecule has 0 unspecified atom stereocenters. The van der Waals surface area contributed by atoms with Crippen molar-refractivity contribution in [3.8, 4) is 0 Å². The van der Waals surface area contributed by atoms with Crippen LogP contribution in [0.25, 0.3) is 0 Å². The van der Waals surface area contributed by atoms with E-state index in [1.165, 1.54) is 25.7 Å². The van der Waals surface area contributed by atoms with Gasteiger partial charge in [0, 0.05) is 17.1 Å². The largest absolute Gasteiger partial charge is 0.0882 e. The molecule has 2 aliphatic carbocycles. The summed E-state index contributed by atoms with van der Waals surface area (Å²) in [6.07, 6.45) is 14.4. The maximum atomic E-state index is 2.28. The van der Waals surface area contributed by atoms with Crippen LogP contribution >= 0.6 is 0 Å². The van der Waals surface area contributed by atoms with Crippen LogP contribution in [0, 0.1) is 11.8 Å². The Morgan fingerprint density at radius 2 is 1.23 bits per heavy atom. The Kier molecular flexibility index (Phi) is 7.41. The van der Waals surface area contributed by atoms with E-state index in [9.17, 15) is 0 Å². The Morgan fingerprint density at radius 1 is 0.846 bits per heavy atom. The van der Waals surface area contributed by atoms with E-state index in [2.05, 4.69) is 38.2 Å². The molecule has 0 radical (unpaired) electrons. The van der Waals surface area contributed by atoms with E-state index < -0.39 is 0 Å². The van der Waals surface area contributed by atoms with Crippen molar-refractivity contribution < 1.29 is 17.1 Å². The summed E-state index contributed by atoms with van der Waals surface area (Å²) in [5.41, 5.74) is 0. The van der Waals surface area contributed by atoms with E-state index in [4.69, 9.17) is 0 Å². The smallest absolute Gasteiger partial charge is 0 e. The van der Waals surface area contributed by atoms with Crippen molar-refractivity contribution in [1.29, 1.82) is 0 Å². The van der Waals surface area contributed by atoms with E-state index in [0.29, 0.717) is 0 Å². The Morgan fingerprint density at radius 3 is 1.31 bits per heavy atom. The minimum absolute atomic E-state index is 0. The molecule has 0 aliphatic heterocycles. The normalized spacial score (nSPS) is 29.4. The van der Waals surface area contributed by atoms with Crippen molar-refractivity contribution in [3.05, 3.63) is 24.3 Å². The first-order valence-electron chi connectivity index (χ1n) is 5.12. The number of rotatable bonds is 0. The van der Waals surface area contributed by atoms with E-state index in [-0.39, 0.29) is 17.1 Å². The summed E-state index contributed by atoms with van der Waals surface area (Å²) < 4.78 is 0. The predicted molar refractivity (Wildman–Crippen MR) is 55.1 cm³/mol. The zero-order valence-electron chi connectivity index (χ0n) is 8.65. The minimum atomic E-state index is 0. The van der Waals surface area contributed by atoms with Gasteiger partial charge in [-0.2, -0.15) is 0 Å². The van der Waals surface area contributed by atoms with Gasteiger partial charge in [-0.05, 0) is 37.5 Å². The van der Waals surface area contributed by atoms with Gasteiger partial charge >= 0.3 is 0 Å². The molecule has 0 N–H and O–H groups in total. The fourth-order valence-electron chi connectivity index (χ4n) is 1.57. The number of hydrogen-bond donors (Lipinski definition) is 0. The second-order valence-corrected chi connectivity index (χ2v) is 3.97. The molecule has 2 aliphatic rings.